The Morgan fingerprint density at radius 3 is 2.67 bits per heavy atom. The summed E-state index contributed by atoms with van der Waals surface area (Å²) in [4.78, 5) is 16.0. The standard InChI is InChI=1S/C11H10F3N3O/c1-17-5-9(11(12,13)14)16-7-4-6(10(15)18)2-3-8(7)17/h2-4H,5H2,1H3,(H2,15,18). The molecule has 2 N–H and O–H groups in total. The first kappa shape index (κ1) is 12.4. The minimum atomic E-state index is -4.48. The second kappa shape index (κ2) is 4.01. The van der Waals surface area contributed by atoms with Crippen LogP contribution in [0.1, 0.15) is 10.4 Å². The van der Waals surface area contributed by atoms with Crippen LogP contribution in [0.25, 0.3) is 0 Å². The van der Waals surface area contributed by atoms with E-state index in [1.54, 1.807) is 0 Å². The van der Waals surface area contributed by atoms with E-state index in [1.165, 1.54) is 30.1 Å². The van der Waals surface area contributed by atoms with Crippen molar-refractivity contribution in [2.75, 3.05) is 18.5 Å². The molecule has 2 rings (SSSR count). The molecule has 0 saturated carbocycles. The van der Waals surface area contributed by atoms with Crippen molar-refractivity contribution >= 4 is 23.0 Å². The Morgan fingerprint density at radius 1 is 1.44 bits per heavy atom. The number of alkyl halides is 3. The molecule has 0 saturated heterocycles. The van der Waals surface area contributed by atoms with E-state index < -0.39 is 17.8 Å². The number of anilines is 1. The van der Waals surface area contributed by atoms with Crippen molar-refractivity contribution in [2.24, 2.45) is 10.7 Å². The van der Waals surface area contributed by atoms with Crippen LogP contribution < -0.4 is 10.6 Å². The van der Waals surface area contributed by atoms with E-state index in [0.29, 0.717) is 5.69 Å². The molecule has 1 aliphatic heterocycles. The Labute approximate surface area is 101 Å². The highest BCUT2D eigenvalue weighted by atomic mass is 19.4. The van der Waals surface area contributed by atoms with Crippen molar-refractivity contribution in [3.8, 4) is 0 Å². The predicted molar refractivity (Wildman–Crippen MR) is 61.4 cm³/mol. The Kier molecular flexibility index (Phi) is 2.76. The minimum absolute atomic E-state index is 0.104. The molecular formula is C11H10F3N3O. The van der Waals surface area contributed by atoms with Gasteiger partial charge in [0.2, 0.25) is 5.91 Å². The molecule has 0 unspecified atom stereocenters. The second-order valence-electron chi connectivity index (χ2n) is 3.98. The van der Waals surface area contributed by atoms with Gasteiger partial charge in [0.05, 0.1) is 17.9 Å². The molecule has 1 aliphatic rings. The van der Waals surface area contributed by atoms with Crippen LogP contribution in [0.3, 0.4) is 0 Å². The van der Waals surface area contributed by atoms with Crippen molar-refractivity contribution in [1.82, 2.24) is 0 Å². The van der Waals surface area contributed by atoms with Crippen LogP contribution in [0.5, 0.6) is 0 Å². The monoisotopic (exact) mass is 257 g/mol. The van der Waals surface area contributed by atoms with E-state index in [0.717, 1.165) is 0 Å². The third kappa shape index (κ3) is 2.15. The number of fused-ring (bicyclic) bond motifs is 1. The molecule has 1 amide bonds. The summed E-state index contributed by atoms with van der Waals surface area (Å²) in [7, 11) is 1.53. The molecule has 96 valence electrons. The van der Waals surface area contributed by atoms with Crippen LogP contribution in [0.15, 0.2) is 23.2 Å². The highest BCUT2D eigenvalue weighted by molar-refractivity contribution is 6.01. The first-order valence-electron chi connectivity index (χ1n) is 5.09. The molecule has 0 fully saturated rings. The summed E-state index contributed by atoms with van der Waals surface area (Å²) in [5.74, 6) is -0.699. The number of primary amides is 1. The van der Waals surface area contributed by atoms with Gasteiger partial charge in [0, 0.05) is 12.6 Å². The van der Waals surface area contributed by atoms with Gasteiger partial charge in [0.25, 0.3) is 0 Å². The molecule has 0 aliphatic carbocycles. The van der Waals surface area contributed by atoms with Gasteiger partial charge in [-0.1, -0.05) is 0 Å². The van der Waals surface area contributed by atoms with Crippen molar-refractivity contribution in [2.45, 2.75) is 6.18 Å². The third-order valence-corrected chi connectivity index (χ3v) is 2.64. The van der Waals surface area contributed by atoms with E-state index in [9.17, 15) is 18.0 Å². The molecule has 0 bridgehead atoms. The quantitative estimate of drug-likeness (QED) is 0.834. The Hall–Kier alpha value is -2.05. The van der Waals surface area contributed by atoms with E-state index in [1.807, 2.05) is 0 Å². The normalized spacial score (nSPS) is 15.1. The first-order valence-corrected chi connectivity index (χ1v) is 5.09. The predicted octanol–water partition coefficient (Wildman–Crippen LogP) is 1.87. The number of halogens is 3. The molecule has 0 spiro atoms. The second-order valence-corrected chi connectivity index (χ2v) is 3.98. The zero-order valence-electron chi connectivity index (χ0n) is 9.45. The van der Waals surface area contributed by atoms with Gasteiger partial charge < -0.3 is 10.6 Å². The van der Waals surface area contributed by atoms with E-state index in [4.69, 9.17) is 5.73 Å². The van der Waals surface area contributed by atoms with Gasteiger partial charge in [-0.25, -0.2) is 4.99 Å². The number of nitrogens with two attached hydrogens (primary N) is 1. The smallest absolute Gasteiger partial charge is 0.367 e. The summed E-state index contributed by atoms with van der Waals surface area (Å²) in [6, 6.07) is 4.26. The summed E-state index contributed by atoms with van der Waals surface area (Å²) in [6.07, 6.45) is -4.48. The van der Waals surface area contributed by atoms with Gasteiger partial charge in [0.1, 0.15) is 5.71 Å². The van der Waals surface area contributed by atoms with Crippen LogP contribution in [0.2, 0.25) is 0 Å². The van der Waals surface area contributed by atoms with Gasteiger partial charge in [-0.05, 0) is 18.2 Å². The number of hydrogen-bond acceptors (Lipinski definition) is 3. The molecule has 0 radical (unpaired) electrons. The van der Waals surface area contributed by atoms with Crippen molar-refractivity contribution < 1.29 is 18.0 Å². The van der Waals surface area contributed by atoms with E-state index >= 15 is 0 Å². The molecule has 18 heavy (non-hydrogen) atoms. The van der Waals surface area contributed by atoms with Crippen LogP contribution in [-0.2, 0) is 0 Å². The third-order valence-electron chi connectivity index (χ3n) is 2.64. The minimum Gasteiger partial charge on any atom is -0.367 e. The number of benzene rings is 1. The fourth-order valence-electron chi connectivity index (χ4n) is 1.73. The zero-order valence-corrected chi connectivity index (χ0v) is 9.45. The summed E-state index contributed by atoms with van der Waals surface area (Å²) in [5.41, 5.74) is 4.96. The fraction of sp³-hybridized carbons (Fsp3) is 0.273. The van der Waals surface area contributed by atoms with Crippen LogP contribution in [0, 0.1) is 0 Å². The zero-order chi connectivity index (χ0) is 13.5. The average Bonchev–Trinajstić information content (AvgIpc) is 2.26. The summed E-state index contributed by atoms with van der Waals surface area (Å²) in [5, 5.41) is 0. The maximum atomic E-state index is 12.6. The van der Waals surface area contributed by atoms with Crippen molar-refractivity contribution in [3.05, 3.63) is 23.8 Å². The number of amides is 1. The number of carbonyl (C=O) groups is 1. The van der Waals surface area contributed by atoms with Gasteiger partial charge in [-0.15, -0.1) is 0 Å². The lowest BCUT2D eigenvalue weighted by Gasteiger charge is -2.27. The fourth-order valence-corrected chi connectivity index (χ4v) is 1.73. The highest BCUT2D eigenvalue weighted by Gasteiger charge is 2.38. The highest BCUT2D eigenvalue weighted by Crippen LogP contribution is 2.35. The lowest BCUT2D eigenvalue weighted by atomic mass is 10.1. The number of carbonyl (C=O) groups excluding carboxylic acids is 1. The number of rotatable bonds is 1. The van der Waals surface area contributed by atoms with E-state index in [-0.39, 0.29) is 17.8 Å². The molecular weight excluding hydrogens is 247 g/mol. The number of aliphatic imine (C=N–C) groups is 1. The van der Waals surface area contributed by atoms with E-state index in [2.05, 4.69) is 4.99 Å². The van der Waals surface area contributed by atoms with Crippen LogP contribution in [-0.4, -0.2) is 31.4 Å². The molecule has 0 aromatic heterocycles. The Morgan fingerprint density at radius 2 is 2.11 bits per heavy atom. The SMILES string of the molecule is CN1CC(C(F)(F)F)=Nc2cc(C(N)=O)ccc21. The Bertz CT molecular complexity index is 537. The van der Waals surface area contributed by atoms with Crippen molar-refractivity contribution in [3.63, 3.8) is 0 Å². The van der Waals surface area contributed by atoms with Gasteiger partial charge >= 0.3 is 6.18 Å². The molecule has 4 nitrogen and oxygen atoms in total. The molecule has 7 heteroatoms. The topological polar surface area (TPSA) is 58.7 Å². The average molecular weight is 257 g/mol. The summed E-state index contributed by atoms with van der Waals surface area (Å²) < 4.78 is 37.9. The van der Waals surface area contributed by atoms with Gasteiger partial charge in [-0.3, -0.25) is 4.79 Å². The summed E-state index contributed by atoms with van der Waals surface area (Å²) in [6.45, 7) is -0.313. The van der Waals surface area contributed by atoms with Gasteiger partial charge in [-0.2, -0.15) is 13.2 Å². The maximum absolute atomic E-state index is 12.6. The lowest BCUT2D eigenvalue weighted by molar-refractivity contribution is -0.0597. The molecule has 1 aromatic rings. The Balaban J connectivity index is 2.53. The van der Waals surface area contributed by atoms with Crippen molar-refractivity contribution in [1.29, 1.82) is 0 Å². The van der Waals surface area contributed by atoms with Crippen LogP contribution in [0.4, 0.5) is 24.5 Å². The van der Waals surface area contributed by atoms with Gasteiger partial charge in [0.15, 0.2) is 0 Å². The number of nitrogens with zero attached hydrogens (tertiary/aromatic N) is 2. The first-order chi connectivity index (χ1) is 8.29. The largest absolute Gasteiger partial charge is 0.431 e. The molecule has 0 atom stereocenters. The van der Waals surface area contributed by atoms with Crippen LogP contribution >= 0.6 is 0 Å². The molecule has 1 heterocycles. The number of hydrogen-bond donors (Lipinski definition) is 1. The molecule has 1 aromatic carbocycles. The maximum Gasteiger partial charge on any atom is 0.431 e. The lowest BCUT2D eigenvalue weighted by Crippen LogP contribution is -2.37. The summed E-state index contributed by atoms with van der Waals surface area (Å²) >= 11 is 0.